The second-order valence-electron chi connectivity index (χ2n) is 5.94. The third-order valence-corrected chi connectivity index (χ3v) is 5.26. The number of thiophene rings is 1. The number of fused-ring (bicyclic) bond motifs is 1. The summed E-state index contributed by atoms with van der Waals surface area (Å²) in [6.45, 7) is 4.99. The fourth-order valence-electron chi connectivity index (χ4n) is 3.10. The van der Waals surface area contributed by atoms with Gasteiger partial charge in [-0.3, -0.25) is 4.79 Å². The van der Waals surface area contributed by atoms with Gasteiger partial charge in [-0.1, -0.05) is 13.8 Å². The van der Waals surface area contributed by atoms with Gasteiger partial charge in [-0.15, -0.1) is 0 Å². The number of hydrogen-bond donors (Lipinski definition) is 1. The van der Waals surface area contributed by atoms with Crippen LogP contribution in [0.2, 0.25) is 0 Å². The van der Waals surface area contributed by atoms with Crippen LogP contribution in [-0.4, -0.2) is 21.5 Å². The van der Waals surface area contributed by atoms with E-state index in [0.29, 0.717) is 6.04 Å². The highest BCUT2D eigenvalue weighted by Crippen LogP contribution is 2.28. The zero-order valence-electron chi connectivity index (χ0n) is 13.2. The lowest BCUT2D eigenvalue weighted by Gasteiger charge is -2.26. The second-order valence-corrected chi connectivity index (χ2v) is 6.72. The SMILES string of the molecule is CCC(CC)NC(=O)C1CCc2ncc(-c3ccsc3)n2C1. The number of nitrogens with zero attached hydrogens (tertiary/aromatic N) is 2. The number of rotatable bonds is 5. The van der Waals surface area contributed by atoms with Crippen molar-refractivity contribution in [1.29, 1.82) is 0 Å². The molecule has 4 nitrogen and oxygen atoms in total. The van der Waals surface area contributed by atoms with Crippen molar-refractivity contribution in [1.82, 2.24) is 14.9 Å². The van der Waals surface area contributed by atoms with Crippen molar-refractivity contribution in [2.75, 3.05) is 0 Å². The highest BCUT2D eigenvalue weighted by molar-refractivity contribution is 7.08. The first-order valence-corrected chi connectivity index (χ1v) is 9.04. The Morgan fingerprint density at radius 3 is 3.00 bits per heavy atom. The van der Waals surface area contributed by atoms with Crippen LogP contribution >= 0.6 is 11.3 Å². The Bertz CT molecular complexity index is 628. The number of aryl methyl sites for hydroxylation is 1. The summed E-state index contributed by atoms with van der Waals surface area (Å²) in [7, 11) is 0. The molecule has 0 saturated heterocycles. The van der Waals surface area contributed by atoms with Crippen LogP contribution in [0.1, 0.15) is 38.9 Å². The van der Waals surface area contributed by atoms with Gasteiger partial charge in [0, 0.05) is 30.0 Å². The Morgan fingerprint density at radius 1 is 1.50 bits per heavy atom. The van der Waals surface area contributed by atoms with E-state index in [2.05, 4.69) is 45.5 Å². The summed E-state index contributed by atoms with van der Waals surface area (Å²) in [6.07, 6.45) is 5.70. The van der Waals surface area contributed by atoms with Gasteiger partial charge >= 0.3 is 0 Å². The Hall–Kier alpha value is -1.62. The molecule has 0 saturated carbocycles. The summed E-state index contributed by atoms with van der Waals surface area (Å²) in [5.74, 6) is 1.36. The van der Waals surface area contributed by atoms with Crippen molar-refractivity contribution in [3.8, 4) is 11.3 Å². The number of amides is 1. The van der Waals surface area contributed by atoms with Gasteiger partial charge in [-0.2, -0.15) is 11.3 Å². The highest BCUT2D eigenvalue weighted by Gasteiger charge is 2.28. The molecule has 3 rings (SSSR count). The fraction of sp³-hybridized carbons (Fsp3) is 0.529. The highest BCUT2D eigenvalue weighted by atomic mass is 32.1. The molecule has 118 valence electrons. The van der Waals surface area contributed by atoms with Gasteiger partial charge in [-0.05, 0) is 30.7 Å². The van der Waals surface area contributed by atoms with Gasteiger partial charge in [0.05, 0.1) is 17.8 Å². The summed E-state index contributed by atoms with van der Waals surface area (Å²) in [4.78, 5) is 17.0. The van der Waals surface area contributed by atoms with Crippen LogP contribution in [0.25, 0.3) is 11.3 Å². The molecule has 1 N–H and O–H groups in total. The maximum atomic E-state index is 12.5. The van der Waals surface area contributed by atoms with Gasteiger partial charge in [-0.25, -0.2) is 4.98 Å². The van der Waals surface area contributed by atoms with E-state index in [9.17, 15) is 4.79 Å². The number of carbonyl (C=O) groups is 1. The molecular formula is C17H23N3OS. The van der Waals surface area contributed by atoms with Gasteiger partial charge in [0.25, 0.3) is 0 Å². The zero-order chi connectivity index (χ0) is 15.5. The van der Waals surface area contributed by atoms with Gasteiger partial charge in [0.1, 0.15) is 5.82 Å². The minimum absolute atomic E-state index is 0.0553. The lowest BCUT2D eigenvalue weighted by Crippen LogP contribution is -2.41. The quantitative estimate of drug-likeness (QED) is 0.918. The minimum atomic E-state index is 0.0553. The largest absolute Gasteiger partial charge is 0.353 e. The van der Waals surface area contributed by atoms with Crippen LogP contribution in [0.5, 0.6) is 0 Å². The molecule has 0 spiro atoms. The van der Waals surface area contributed by atoms with Crippen molar-refractivity contribution in [2.45, 2.75) is 52.1 Å². The molecule has 22 heavy (non-hydrogen) atoms. The standard InChI is InChI=1S/C17H23N3OS/c1-3-14(4-2)19-17(21)12-5-6-16-18-9-15(20(16)10-12)13-7-8-22-11-13/h7-9,11-12,14H,3-6,10H2,1-2H3,(H,19,21). The first-order valence-electron chi connectivity index (χ1n) is 8.10. The molecule has 1 aliphatic rings. The van der Waals surface area contributed by atoms with Crippen LogP contribution < -0.4 is 5.32 Å². The van der Waals surface area contributed by atoms with Crippen molar-refractivity contribution in [3.05, 3.63) is 28.8 Å². The smallest absolute Gasteiger partial charge is 0.225 e. The molecule has 0 fully saturated rings. The number of nitrogens with one attached hydrogen (secondary N) is 1. The lowest BCUT2D eigenvalue weighted by atomic mass is 9.97. The maximum Gasteiger partial charge on any atom is 0.225 e. The zero-order valence-corrected chi connectivity index (χ0v) is 14.0. The van der Waals surface area contributed by atoms with Crippen LogP contribution in [0.3, 0.4) is 0 Å². The first kappa shape index (κ1) is 15.3. The van der Waals surface area contributed by atoms with Crippen molar-refractivity contribution in [3.63, 3.8) is 0 Å². The molecule has 0 bridgehead atoms. The predicted molar refractivity (Wildman–Crippen MR) is 89.9 cm³/mol. The summed E-state index contributed by atoms with van der Waals surface area (Å²) in [5, 5.41) is 7.41. The van der Waals surface area contributed by atoms with Crippen molar-refractivity contribution in [2.24, 2.45) is 5.92 Å². The number of imidazole rings is 1. The van der Waals surface area contributed by atoms with E-state index in [4.69, 9.17) is 0 Å². The molecule has 1 aliphatic heterocycles. The fourth-order valence-corrected chi connectivity index (χ4v) is 3.75. The number of aromatic nitrogens is 2. The van der Waals surface area contributed by atoms with Gasteiger partial charge in [0.2, 0.25) is 5.91 Å². The topological polar surface area (TPSA) is 46.9 Å². The normalized spacial score (nSPS) is 17.5. The van der Waals surface area contributed by atoms with Crippen LogP contribution in [0, 0.1) is 5.92 Å². The van der Waals surface area contributed by atoms with Crippen LogP contribution in [-0.2, 0) is 17.8 Å². The van der Waals surface area contributed by atoms with E-state index < -0.39 is 0 Å². The summed E-state index contributed by atoms with van der Waals surface area (Å²) >= 11 is 1.69. The summed E-state index contributed by atoms with van der Waals surface area (Å²) in [6, 6.07) is 2.41. The van der Waals surface area contributed by atoms with E-state index in [-0.39, 0.29) is 11.8 Å². The third kappa shape index (κ3) is 2.95. The summed E-state index contributed by atoms with van der Waals surface area (Å²) in [5.41, 5.74) is 2.33. The maximum absolute atomic E-state index is 12.5. The first-order chi connectivity index (χ1) is 10.7. The molecule has 1 atom stereocenters. The average Bonchev–Trinajstić information content (AvgIpc) is 3.20. The Balaban J connectivity index is 1.76. The lowest BCUT2D eigenvalue weighted by molar-refractivity contribution is -0.126. The molecule has 2 aromatic heterocycles. The predicted octanol–water partition coefficient (Wildman–Crippen LogP) is 3.48. The van der Waals surface area contributed by atoms with Crippen molar-refractivity contribution < 1.29 is 4.79 Å². The molecular weight excluding hydrogens is 294 g/mol. The molecule has 3 heterocycles. The Morgan fingerprint density at radius 2 is 2.32 bits per heavy atom. The van der Waals surface area contributed by atoms with Crippen LogP contribution in [0.15, 0.2) is 23.0 Å². The molecule has 0 radical (unpaired) electrons. The third-order valence-electron chi connectivity index (χ3n) is 4.58. The molecule has 5 heteroatoms. The van der Waals surface area contributed by atoms with E-state index in [0.717, 1.165) is 43.7 Å². The molecule has 2 aromatic rings. The van der Waals surface area contributed by atoms with Crippen LogP contribution in [0.4, 0.5) is 0 Å². The molecule has 0 aliphatic carbocycles. The Labute approximate surface area is 135 Å². The molecule has 0 aromatic carbocycles. The van der Waals surface area contributed by atoms with Gasteiger partial charge < -0.3 is 9.88 Å². The second kappa shape index (κ2) is 6.65. The van der Waals surface area contributed by atoms with E-state index >= 15 is 0 Å². The number of hydrogen-bond acceptors (Lipinski definition) is 3. The molecule has 1 unspecified atom stereocenters. The van der Waals surface area contributed by atoms with Gasteiger partial charge in [0.15, 0.2) is 0 Å². The minimum Gasteiger partial charge on any atom is -0.353 e. The average molecular weight is 317 g/mol. The Kier molecular flexibility index (Phi) is 4.62. The van der Waals surface area contributed by atoms with E-state index in [1.54, 1.807) is 11.3 Å². The number of carbonyl (C=O) groups excluding carboxylic acids is 1. The van der Waals surface area contributed by atoms with E-state index in [1.807, 2.05) is 6.20 Å². The summed E-state index contributed by atoms with van der Waals surface area (Å²) < 4.78 is 2.22. The monoisotopic (exact) mass is 317 g/mol. The van der Waals surface area contributed by atoms with E-state index in [1.165, 1.54) is 5.56 Å². The van der Waals surface area contributed by atoms with Crippen molar-refractivity contribution >= 4 is 17.2 Å². The molecule has 1 amide bonds.